The van der Waals surface area contributed by atoms with E-state index in [2.05, 4.69) is 48.2 Å². The molecule has 0 radical (unpaired) electrons. The molecule has 0 bridgehead atoms. The molecule has 21 heavy (non-hydrogen) atoms. The van der Waals surface area contributed by atoms with E-state index in [0.29, 0.717) is 6.54 Å². The molecule has 0 heterocycles. The van der Waals surface area contributed by atoms with Gasteiger partial charge >= 0.3 is 0 Å². The third-order valence-corrected chi connectivity index (χ3v) is 3.54. The zero-order valence-corrected chi connectivity index (χ0v) is 12.5. The highest BCUT2D eigenvalue weighted by Crippen LogP contribution is 2.19. The Balaban J connectivity index is 2.29. The van der Waals surface area contributed by atoms with E-state index in [-0.39, 0.29) is 5.84 Å². The van der Waals surface area contributed by atoms with Crippen molar-refractivity contribution in [3.05, 3.63) is 65.2 Å². The van der Waals surface area contributed by atoms with Crippen LogP contribution in [0.25, 0.3) is 0 Å². The van der Waals surface area contributed by atoms with E-state index in [4.69, 9.17) is 10.9 Å². The molecular weight excluding hydrogens is 262 g/mol. The number of hydrogen-bond donors (Lipinski definition) is 2. The van der Waals surface area contributed by atoms with Gasteiger partial charge in [0.15, 0.2) is 5.84 Å². The molecule has 4 heteroatoms. The van der Waals surface area contributed by atoms with Gasteiger partial charge in [-0.25, -0.2) is 0 Å². The highest BCUT2D eigenvalue weighted by Gasteiger charge is 2.10. The van der Waals surface area contributed by atoms with E-state index < -0.39 is 0 Å². The third-order valence-electron chi connectivity index (χ3n) is 3.54. The molecular formula is C17H21N3O. The molecule has 0 saturated carbocycles. The molecule has 2 aromatic rings. The SMILES string of the molecule is CCN(Cc1ccccc1C(N)=NO)c1ccc(C)cc1. The summed E-state index contributed by atoms with van der Waals surface area (Å²) in [5, 5.41) is 12.0. The predicted octanol–water partition coefficient (Wildman–Crippen LogP) is 3.12. The molecule has 0 unspecified atom stereocenters. The van der Waals surface area contributed by atoms with E-state index in [1.54, 1.807) is 0 Å². The maximum absolute atomic E-state index is 8.90. The van der Waals surface area contributed by atoms with Crippen molar-refractivity contribution >= 4 is 11.5 Å². The summed E-state index contributed by atoms with van der Waals surface area (Å²) in [4.78, 5) is 2.25. The summed E-state index contributed by atoms with van der Waals surface area (Å²) in [6.45, 7) is 5.79. The minimum atomic E-state index is 0.144. The zero-order valence-electron chi connectivity index (χ0n) is 12.5. The Labute approximate surface area is 125 Å². The molecule has 0 spiro atoms. The maximum atomic E-state index is 8.90. The molecule has 0 aliphatic carbocycles. The van der Waals surface area contributed by atoms with Gasteiger partial charge in [-0.1, -0.05) is 47.1 Å². The first kappa shape index (κ1) is 14.9. The molecule has 0 aliphatic rings. The van der Waals surface area contributed by atoms with E-state index >= 15 is 0 Å². The van der Waals surface area contributed by atoms with Crippen molar-refractivity contribution in [3.63, 3.8) is 0 Å². The highest BCUT2D eigenvalue weighted by molar-refractivity contribution is 5.98. The summed E-state index contributed by atoms with van der Waals surface area (Å²) in [5.41, 5.74) is 9.97. The summed E-state index contributed by atoms with van der Waals surface area (Å²) in [6.07, 6.45) is 0. The molecule has 0 amide bonds. The maximum Gasteiger partial charge on any atom is 0.170 e. The molecule has 2 rings (SSSR count). The van der Waals surface area contributed by atoms with Crippen molar-refractivity contribution in [3.8, 4) is 0 Å². The fourth-order valence-electron chi connectivity index (χ4n) is 2.31. The van der Waals surface area contributed by atoms with Gasteiger partial charge < -0.3 is 15.8 Å². The lowest BCUT2D eigenvalue weighted by Gasteiger charge is -2.24. The van der Waals surface area contributed by atoms with Crippen molar-refractivity contribution in [2.45, 2.75) is 20.4 Å². The number of aryl methyl sites for hydroxylation is 1. The number of hydrogen-bond acceptors (Lipinski definition) is 3. The van der Waals surface area contributed by atoms with E-state index in [1.165, 1.54) is 5.56 Å². The van der Waals surface area contributed by atoms with Crippen LogP contribution in [0, 0.1) is 6.92 Å². The molecule has 0 saturated heterocycles. The minimum Gasteiger partial charge on any atom is -0.409 e. The minimum absolute atomic E-state index is 0.144. The van der Waals surface area contributed by atoms with Crippen LogP contribution in [0.15, 0.2) is 53.7 Å². The second-order valence-corrected chi connectivity index (χ2v) is 4.99. The highest BCUT2D eigenvalue weighted by atomic mass is 16.4. The van der Waals surface area contributed by atoms with Crippen molar-refractivity contribution in [2.75, 3.05) is 11.4 Å². The first-order chi connectivity index (χ1) is 10.2. The number of oxime groups is 1. The summed E-state index contributed by atoms with van der Waals surface area (Å²) >= 11 is 0. The van der Waals surface area contributed by atoms with Gasteiger partial charge in [0.1, 0.15) is 0 Å². The summed E-state index contributed by atoms with van der Waals surface area (Å²) < 4.78 is 0. The van der Waals surface area contributed by atoms with Gasteiger partial charge in [-0.2, -0.15) is 0 Å². The monoisotopic (exact) mass is 283 g/mol. The van der Waals surface area contributed by atoms with E-state index in [9.17, 15) is 0 Å². The number of benzene rings is 2. The number of amidine groups is 1. The Kier molecular flexibility index (Phi) is 4.82. The molecule has 4 nitrogen and oxygen atoms in total. The van der Waals surface area contributed by atoms with Crippen LogP contribution in [0.5, 0.6) is 0 Å². The topological polar surface area (TPSA) is 61.8 Å². The normalized spacial score (nSPS) is 11.4. The quantitative estimate of drug-likeness (QED) is 0.383. The zero-order chi connectivity index (χ0) is 15.2. The van der Waals surface area contributed by atoms with Crippen LogP contribution in [-0.4, -0.2) is 17.6 Å². The Morgan fingerprint density at radius 1 is 1.14 bits per heavy atom. The van der Waals surface area contributed by atoms with Gasteiger partial charge in [0.2, 0.25) is 0 Å². The largest absolute Gasteiger partial charge is 0.409 e. The van der Waals surface area contributed by atoms with Gasteiger partial charge in [0.05, 0.1) is 0 Å². The second kappa shape index (κ2) is 6.79. The number of nitrogens with zero attached hydrogens (tertiary/aromatic N) is 2. The summed E-state index contributed by atoms with van der Waals surface area (Å²) in [5.74, 6) is 0.144. The molecule has 0 atom stereocenters. The van der Waals surface area contributed by atoms with Crippen molar-refractivity contribution in [2.24, 2.45) is 10.9 Å². The molecule has 110 valence electrons. The van der Waals surface area contributed by atoms with Crippen LogP contribution in [0.4, 0.5) is 5.69 Å². The standard InChI is InChI=1S/C17H21N3O/c1-3-20(15-10-8-13(2)9-11-15)12-14-6-4-5-7-16(14)17(18)19-21/h4-11,21H,3,12H2,1-2H3,(H2,18,19). The van der Waals surface area contributed by atoms with Crippen molar-refractivity contribution in [1.29, 1.82) is 0 Å². The smallest absolute Gasteiger partial charge is 0.170 e. The number of anilines is 1. The van der Waals surface area contributed by atoms with Crippen LogP contribution in [0.3, 0.4) is 0 Å². The molecule has 0 aromatic heterocycles. The fourth-order valence-corrected chi connectivity index (χ4v) is 2.31. The van der Waals surface area contributed by atoms with Gasteiger partial charge in [-0.15, -0.1) is 0 Å². The lowest BCUT2D eigenvalue weighted by atomic mass is 10.1. The Morgan fingerprint density at radius 2 is 1.81 bits per heavy atom. The summed E-state index contributed by atoms with van der Waals surface area (Å²) in [7, 11) is 0. The Morgan fingerprint density at radius 3 is 2.43 bits per heavy atom. The number of rotatable bonds is 5. The predicted molar refractivity (Wildman–Crippen MR) is 86.9 cm³/mol. The summed E-state index contributed by atoms with van der Waals surface area (Å²) in [6, 6.07) is 16.2. The number of nitrogens with two attached hydrogens (primary N) is 1. The fraction of sp³-hybridized carbons (Fsp3) is 0.235. The van der Waals surface area contributed by atoms with Gasteiger partial charge in [0, 0.05) is 24.3 Å². The Bertz CT molecular complexity index is 620. The molecule has 2 aromatic carbocycles. The molecule has 3 N–H and O–H groups in total. The Hall–Kier alpha value is -2.49. The lowest BCUT2D eigenvalue weighted by Crippen LogP contribution is -2.24. The van der Waals surface area contributed by atoms with Crippen LogP contribution in [0.2, 0.25) is 0 Å². The third kappa shape index (κ3) is 3.54. The van der Waals surface area contributed by atoms with Crippen molar-refractivity contribution < 1.29 is 5.21 Å². The van der Waals surface area contributed by atoms with Crippen LogP contribution >= 0.6 is 0 Å². The van der Waals surface area contributed by atoms with Crippen molar-refractivity contribution in [1.82, 2.24) is 0 Å². The van der Waals surface area contributed by atoms with E-state index in [0.717, 1.165) is 23.4 Å². The van der Waals surface area contributed by atoms with Gasteiger partial charge in [-0.05, 0) is 31.5 Å². The van der Waals surface area contributed by atoms with E-state index in [1.807, 2.05) is 24.3 Å². The molecule has 0 fully saturated rings. The second-order valence-electron chi connectivity index (χ2n) is 4.99. The average molecular weight is 283 g/mol. The van der Waals surface area contributed by atoms with Crippen LogP contribution < -0.4 is 10.6 Å². The van der Waals surface area contributed by atoms with Crippen LogP contribution in [-0.2, 0) is 6.54 Å². The van der Waals surface area contributed by atoms with Gasteiger partial charge in [-0.3, -0.25) is 0 Å². The molecule has 0 aliphatic heterocycles. The first-order valence-corrected chi connectivity index (χ1v) is 7.03. The van der Waals surface area contributed by atoms with Crippen LogP contribution in [0.1, 0.15) is 23.6 Å². The lowest BCUT2D eigenvalue weighted by molar-refractivity contribution is 0.318. The first-order valence-electron chi connectivity index (χ1n) is 7.03. The average Bonchev–Trinajstić information content (AvgIpc) is 2.53. The van der Waals surface area contributed by atoms with Gasteiger partial charge in [0.25, 0.3) is 0 Å².